The van der Waals surface area contributed by atoms with Crippen LogP contribution in [-0.4, -0.2) is 26.1 Å². The van der Waals surface area contributed by atoms with Crippen LogP contribution in [0.4, 0.5) is 0 Å². The second-order valence-corrected chi connectivity index (χ2v) is 6.56. The highest BCUT2D eigenvalue weighted by Crippen LogP contribution is 2.47. The zero-order valence-corrected chi connectivity index (χ0v) is 12.2. The van der Waals surface area contributed by atoms with Gasteiger partial charge in [0.15, 0.2) is 0 Å². The molecule has 0 amide bonds. The van der Waals surface area contributed by atoms with Crippen LogP contribution in [0.15, 0.2) is 6.20 Å². The Bertz CT molecular complexity index is 449. The van der Waals surface area contributed by atoms with Gasteiger partial charge in [0.1, 0.15) is 0 Å². The number of hydrogen-bond acceptors (Lipinski definition) is 3. The van der Waals surface area contributed by atoms with E-state index in [1.807, 2.05) is 20.2 Å². The molecule has 0 spiro atoms. The van der Waals surface area contributed by atoms with Crippen LogP contribution in [0.3, 0.4) is 0 Å². The van der Waals surface area contributed by atoms with Gasteiger partial charge in [-0.2, -0.15) is 5.10 Å². The van der Waals surface area contributed by atoms with Gasteiger partial charge in [-0.15, -0.1) is 0 Å². The SMILES string of the molecule is Cc1nn(C)cc1C(O)C1CC(C)(C)OC1(C)C. The van der Waals surface area contributed by atoms with Crippen LogP contribution in [0.2, 0.25) is 0 Å². The molecule has 4 nitrogen and oxygen atoms in total. The van der Waals surface area contributed by atoms with E-state index < -0.39 is 6.10 Å². The molecule has 0 radical (unpaired) electrons. The molecule has 0 aromatic carbocycles. The lowest BCUT2D eigenvalue weighted by Crippen LogP contribution is -2.32. The number of ether oxygens (including phenoxy) is 1. The molecule has 1 aliphatic heterocycles. The molecule has 0 aliphatic carbocycles. The Kier molecular flexibility index (Phi) is 3.06. The lowest BCUT2D eigenvalue weighted by atomic mass is 9.80. The van der Waals surface area contributed by atoms with Gasteiger partial charge < -0.3 is 9.84 Å². The second-order valence-electron chi connectivity index (χ2n) is 6.56. The average Bonchev–Trinajstić information content (AvgIpc) is 2.61. The molecule has 1 aromatic heterocycles. The first kappa shape index (κ1) is 13.6. The summed E-state index contributed by atoms with van der Waals surface area (Å²) in [6, 6.07) is 0. The maximum Gasteiger partial charge on any atom is 0.0879 e. The molecular formula is C14H24N2O2. The van der Waals surface area contributed by atoms with Crippen molar-refractivity contribution in [3.05, 3.63) is 17.5 Å². The second kappa shape index (κ2) is 4.07. The van der Waals surface area contributed by atoms with E-state index in [-0.39, 0.29) is 17.1 Å². The molecule has 2 unspecified atom stereocenters. The molecular weight excluding hydrogens is 228 g/mol. The first-order valence-electron chi connectivity index (χ1n) is 6.51. The van der Waals surface area contributed by atoms with Gasteiger partial charge >= 0.3 is 0 Å². The average molecular weight is 252 g/mol. The van der Waals surface area contributed by atoms with Crippen LogP contribution < -0.4 is 0 Å². The van der Waals surface area contributed by atoms with E-state index in [1.54, 1.807) is 4.68 Å². The predicted molar refractivity (Wildman–Crippen MR) is 70.3 cm³/mol. The minimum absolute atomic E-state index is 0.0930. The summed E-state index contributed by atoms with van der Waals surface area (Å²) < 4.78 is 7.80. The molecule has 1 aliphatic rings. The van der Waals surface area contributed by atoms with Crippen LogP contribution in [0, 0.1) is 12.8 Å². The molecule has 0 bridgehead atoms. The monoisotopic (exact) mass is 252 g/mol. The van der Waals surface area contributed by atoms with Gasteiger partial charge in [0.25, 0.3) is 0 Å². The lowest BCUT2D eigenvalue weighted by Gasteiger charge is -2.30. The summed E-state index contributed by atoms with van der Waals surface area (Å²) >= 11 is 0. The summed E-state index contributed by atoms with van der Waals surface area (Å²) in [5.74, 6) is 0.0930. The standard InChI is InChI=1S/C14H24N2O2/c1-9-10(8-16(6)15-9)12(17)11-7-13(2,3)18-14(11,4)5/h8,11-12,17H,7H2,1-6H3. The minimum Gasteiger partial charge on any atom is -0.388 e. The van der Waals surface area contributed by atoms with Crippen molar-refractivity contribution in [2.75, 3.05) is 0 Å². The molecule has 102 valence electrons. The number of hydrogen-bond donors (Lipinski definition) is 1. The molecule has 18 heavy (non-hydrogen) atoms. The van der Waals surface area contributed by atoms with E-state index in [1.165, 1.54) is 0 Å². The van der Waals surface area contributed by atoms with Gasteiger partial charge in [0, 0.05) is 24.7 Å². The van der Waals surface area contributed by atoms with Gasteiger partial charge in [-0.1, -0.05) is 0 Å². The summed E-state index contributed by atoms with van der Waals surface area (Å²) in [7, 11) is 1.88. The number of aliphatic hydroxyl groups excluding tert-OH is 1. The molecule has 1 aromatic rings. The van der Waals surface area contributed by atoms with E-state index in [4.69, 9.17) is 4.74 Å². The van der Waals surface area contributed by atoms with Crippen molar-refractivity contribution >= 4 is 0 Å². The topological polar surface area (TPSA) is 47.3 Å². The molecule has 2 heterocycles. The van der Waals surface area contributed by atoms with E-state index in [0.717, 1.165) is 17.7 Å². The zero-order chi connectivity index (χ0) is 13.7. The molecule has 1 saturated heterocycles. The zero-order valence-electron chi connectivity index (χ0n) is 12.2. The Hall–Kier alpha value is -0.870. The first-order valence-corrected chi connectivity index (χ1v) is 6.51. The quantitative estimate of drug-likeness (QED) is 0.879. The third-order valence-electron chi connectivity index (χ3n) is 3.89. The molecule has 0 saturated carbocycles. The summed E-state index contributed by atoms with van der Waals surface area (Å²) in [5, 5.41) is 15.0. The normalized spacial score (nSPS) is 27.4. The molecule has 1 N–H and O–H groups in total. The summed E-state index contributed by atoms with van der Waals surface area (Å²) in [6.07, 6.45) is 2.24. The van der Waals surface area contributed by atoms with Gasteiger partial charge in [-0.05, 0) is 41.0 Å². The van der Waals surface area contributed by atoms with Crippen molar-refractivity contribution in [3.8, 4) is 0 Å². The Morgan fingerprint density at radius 2 is 2.06 bits per heavy atom. The van der Waals surface area contributed by atoms with E-state index >= 15 is 0 Å². The van der Waals surface area contributed by atoms with Gasteiger partial charge in [0.05, 0.1) is 23.0 Å². The molecule has 4 heteroatoms. The molecule has 1 fully saturated rings. The van der Waals surface area contributed by atoms with Crippen LogP contribution >= 0.6 is 0 Å². The van der Waals surface area contributed by atoms with Crippen molar-refractivity contribution in [1.29, 1.82) is 0 Å². The summed E-state index contributed by atoms with van der Waals surface area (Å²) in [6.45, 7) is 10.2. The van der Waals surface area contributed by atoms with Crippen LogP contribution in [0.1, 0.15) is 51.5 Å². The van der Waals surface area contributed by atoms with Crippen LogP contribution in [0.25, 0.3) is 0 Å². The molecule has 2 atom stereocenters. The third-order valence-corrected chi connectivity index (χ3v) is 3.89. The number of rotatable bonds is 2. The van der Waals surface area contributed by atoms with E-state index in [9.17, 15) is 5.11 Å². The lowest BCUT2D eigenvalue weighted by molar-refractivity contribution is -0.0880. The number of aliphatic hydroxyl groups is 1. The van der Waals surface area contributed by atoms with Crippen molar-refractivity contribution < 1.29 is 9.84 Å². The van der Waals surface area contributed by atoms with Crippen LogP contribution in [0.5, 0.6) is 0 Å². The highest BCUT2D eigenvalue weighted by Gasteiger charge is 2.49. The van der Waals surface area contributed by atoms with Crippen molar-refractivity contribution in [3.63, 3.8) is 0 Å². The van der Waals surface area contributed by atoms with Gasteiger partial charge in [-0.25, -0.2) is 0 Å². The maximum atomic E-state index is 10.6. The Labute approximate surface area is 109 Å². The first-order chi connectivity index (χ1) is 8.12. The largest absolute Gasteiger partial charge is 0.388 e. The maximum absolute atomic E-state index is 10.6. The number of nitrogens with zero attached hydrogens (tertiary/aromatic N) is 2. The Morgan fingerprint density at radius 1 is 1.44 bits per heavy atom. The third kappa shape index (κ3) is 2.31. The Morgan fingerprint density at radius 3 is 2.44 bits per heavy atom. The van der Waals surface area contributed by atoms with Crippen molar-refractivity contribution in [2.45, 2.75) is 58.3 Å². The fraction of sp³-hybridized carbons (Fsp3) is 0.786. The van der Waals surface area contributed by atoms with E-state index in [0.29, 0.717) is 0 Å². The minimum atomic E-state index is -0.518. The van der Waals surface area contributed by atoms with Crippen LogP contribution in [-0.2, 0) is 11.8 Å². The summed E-state index contributed by atoms with van der Waals surface area (Å²) in [5.41, 5.74) is 1.32. The Balaban J connectivity index is 2.29. The highest BCUT2D eigenvalue weighted by molar-refractivity contribution is 5.21. The highest BCUT2D eigenvalue weighted by atomic mass is 16.5. The predicted octanol–water partition coefficient (Wildman–Crippen LogP) is 2.36. The van der Waals surface area contributed by atoms with Crippen molar-refractivity contribution in [1.82, 2.24) is 9.78 Å². The number of aryl methyl sites for hydroxylation is 2. The van der Waals surface area contributed by atoms with Gasteiger partial charge in [-0.3, -0.25) is 4.68 Å². The molecule has 2 rings (SSSR count). The smallest absolute Gasteiger partial charge is 0.0879 e. The summed E-state index contributed by atoms with van der Waals surface area (Å²) in [4.78, 5) is 0. The van der Waals surface area contributed by atoms with Crippen molar-refractivity contribution in [2.24, 2.45) is 13.0 Å². The van der Waals surface area contributed by atoms with Gasteiger partial charge in [0.2, 0.25) is 0 Å². The fourth-order valence-electron chi connectivity index (χ4n) is 3.22. The van der Waals surface area contributed by atoms with E-state index in [2.05, 4.69) is 32.8 Å². The fourth-order valence-corrected chi connectivity index (χ4v) is 3.22. The number of aromatic nitrogens is 2.